The Balaban J connectivity index is 1.35. The minimum atomic E-state index is 0.441. The van der Waals surface area contributed by atoms with E-state index in [4.69, 9.17) is 13.4 Å². The zero-order valence-corrected chi connectivity index (χ0v) is 17.4. The van der Waals surface area contributed by atoms with Crippen LogP contribution in [0.5, 0.6) is 0 Å². The van der Waals surface area contributed by atoms with Gasteiger partial charge in [-0.1, -0.05) is 23.8 Å². The molecule has 1 aliphatic rings. The molecule has 5 heterocycles. The Bertz CT molecular complexity index is 1060. The summed E-state index contributed by atoms with van der Waals surface area (Å²) in [6.45, 7) is 4.84. The van der Waals surface area contributed by atoms with Crippen LogP contribution in [0.1, 0.15) is 31.4 Å². The van der Waals surface area contributed by atoms with Gasteiger partial charge in [-0.25, -0.2) is 0 Å². The average molecular weight is 427 g/mol. The molecule has 1 fully saturated rings. The van der Waals surface area contributed by atoms with Crippen molar-refractivity contribution >= 4 is 17.7 Å². The van der Waals surface area contributed by atoms with Crippen molar-refractivity contribution in [1.29, 1.82) is 0 Å². The van der Waals surface area contributed by atoms with Crippen molar-refractivity contribution in [3.8, 4) is 11.6 Å². The highest BCUT2D eigenvalue weighted by atomic mass is 32.2. The Morgan fingerprint density at radius 2 is 1.93 bits per heavy atom. The van der Waals surface area contributed by atoms with Crippen LogP contribution in [0.2, 0.25) is 0 Å². The fourth-order valence-corrected chi connectivity index (χ4v) is 4.24. The summed E-state index contributed by atoms with van der Waals surface area (Å²) in [7, 11) is 0. The third kappa shape index (κ3) is 4.00. The molecule has 30 heavy (non-hydrogen) atoms. The largest absolute Gasteiger partial charge is 0.467 e. The van der Waals surface area contributed by atoms with Gasteiger partial charge in [0, 0.05) is 13.1 Å². The predicted molar refractivity (Wildman–Crippen MR) is 110 cm³/mol. The van der Waals surface area contributed by atoms with Crippen LogP contribution in [-0.2, 0) is 12.3 Å². The van der Waals surface area contributed by atoms with Gasteiger partial charge >= 0.3 is 0 Å². The molecule has 5 rings (SSSR count). The van der Waals surface area contributed by atoms with Crippen LogP contribution in [0.4, 0.5) is 5.95 Å². The third-order valence-electron chi connectivity index (χ3n) is 5.19. The van der Waals surface area contributed by atoms with Gasteiger partial charge in [0.15, 0.2) is 10.9 Å². The van der Waals surface area contributed by atoms with Crippen LogP contribution >= 0.6 is 11.8 Å². The lowest BCUT2D eigenvalue weighted by molar-refractivity contribution is 0.390. The first-order valence-electron chi connectivity index (χ1n) is 9.96. The van der Waals surface area contributed by atoms with E-state index in [9.17, 15) is 0 Å². The van der Waals surface area contributed by atoms with Gasteiger partial charge in [-0.15, -0.1) is 10.2 Å². The number of furan rings is 2. The molecule has 0 atom stereocenters. The van der Waals surface area contributed by atoms with E-state index in [-0.39, 0.29) is 0 Å². The van der Waals surface area contributed by atoms with Crippen molar-refractivity contribution in [2.24, 2.45) is 5.92 Å². The van der Waals surface area contributed by atoms with Crippen LogP contribution in [0.3, 0.4) is 0 Å². The molecular formula is C20H22N6O3S. The SMILES string of the molecule is CC1CCN(c2nnc(SCc3nc(-c4ccco4)no3)n2Cc2ccco2)CC1. The highest BCUT2D eigenvalue weighted by Gasteiger charge is 2.24. The number of piperidine rings is 1. The van der Waals surface area contributed by atoms with E-state index in [1.54, 1.807) is 24.7 Å². The van der Waals surface area contributed by atoms with Gasteiger partial charge in [-0.3, -0.25) is 4.57 Å². The molecule has 10 heteroatoms. The average Bonchev–Trinajstić information content (AvgIpc) is 3.55. The lowest BCUT2D eigenvalue weighted by Gasteiger charge is -2.31. The van der Waals surface area contributed by atoms with Gasteiger partial charge in [-0.2, -0.15) is 4.98 Å². The smallest absolute Gasteiger partial charge is 0.238 e. The van der Waals surface area contributed by atoms with E-state index in [1.165, 1.54) is 11.8 Å². The Labute approximate surface area is 177 Å². The second-order valence-corrected chi connectivity index (χ2v) is 8.34. The van der Waals surface area contributed by atoms with Crippen molar-refractivity contribution < 1.29 is 13.4 Å². The van der Waals surface area contributed by atoms with Crippen LogP contribution in [0, 0.1) is 5.92 Å². The van der Waals surface area contributed by atoms with Gasteiger partial charge in [0.05, 0.1) is 24.8 Å². The first-order chi connectivity index (χ1) is 14.8. The predicted octanol–water partition coefficient (Wildman–Crippen LogP) is 4.09. The molecule has 4 aromatic rings. The number of hydrogen-bond acceptors (Lipinski definition) is 9. The first-order valence-corrected chi connectivity index (χ1v) is 10.9. The Kier molecular flexibility index (Phi) is 5.31. The minimum absolute atomic E-state index is 0.441. The van der Waals surface area contributed by atoms with E-state index >= 15 is 0 Å². The number of thioether (sulfide) groups is 1. The maximum Gasteiger partial charge on any atom is 0.238 e. The standard InChI is InChI=1S/C20H22N6O3S/c1-14-6-8-25(9-7-14)19-22-23-20(26(19)12-15-4-2-10-27-15)30-13-17-21-18(24-29-17)16-5-3-11-28-16/h2-5,10-11,14H,6-9,12-13H2,1H3. The first kappa shape index (κ1) is 19.0. The molecule has 0 unspecified atom stereocenters. The molecule has 0 spiro atoms. The molecule has 156 valence electrons. The maximum absolute atomic E-state index is 5.57. The normalized spacial score (nSPS) is 15.2. The molecule has 9 nitrogen and oxygen atoms in total. The van der Waals surface area contributed by atoms with Crippen molar-refractivity contribution in [3.05, 3.63) is 48.4 Å². The maximum atomic E-state index is 5.57. The third-order valence-corrected chi connectivity index (χ3v) is 6.14. The van der Waals surface area contributed by atoms with Crippen molar-refractivity contribution in [3.63, 3.8) is 0 Å². The van der Waals surface area contributed by atoms with Crippen molar-refractivity contribution in [2.45, 2.75) is 37.2 Å². The van der Waals surface area contributed by atoms with Crippen molar-refractivity contribution in [2.75, 3.05) is 18.0 Å². The highest BCUT2D eigenvalue weighted by molar-refractivity contribution is 7.98. The summed E-state index contributed by atoms with van der Waals surface area (Å²) in [5, 5.41) is 13.7. The molecular weight excluding hydrogens is 404 g/mol. The number of rotatable bonds is 7. The second kappa shape index (κ2) is 8.39. The summed E-state index contributed by atoms with van der Waals surface area (Å²) in [6, 6.07) is 7.45. The van der Waals surface area contributed by atoms with E-state index in [0.717, 1.165) is 48.7 Å². The number of anilines is 1. The molecule has 0 bridgehead atoms. The number of nitrogens with zero attached hydrogens (tertiary/aromatic N) is 6. The summed E-state index contributed by atoms with van der Waals surface area (Å²) in [5.41, 5.74) is 0. The number of hydrogen-bond donors (Lipinski definition) is 0. The fourth-order valence-electron chi connectivity index (χ4n) is 3.47. The van der Waals surface area contributed by atoms with Crippen LogP contribution in [-0.4, -0.2) is 38.0 Å². The van der Waals surface area contributed by atoms with Crippen molar-refractivity contribution in [1.82, 2.24) is 24.9 Å². The Morgan fingerprint density at radius 1 is 1.10 bits per heavy atom. The zero-order valence-electron chi connectivity index (χ0n) is 16.6. The van der Waals surface area contributed by atoms with Crippen LogP contribution in [0.25, 0.3) is 11.6 Å². The van der Waals surface area contributed by atoms with Crippen LogP contribution in [0.15, 0.2) is 55.3 Å². The molecule has 1 saturated heterocycles. The summed E-state index contributed by atoms with van der Waals surface area (Å²) < 4.78 is 18.4. The Morgan fingerprint density at radius 3 is 2.70 bits per heavy atom. The molecule has 4 aromatic heterocycles. The molecule has 0 N–H and O–H groups in total. The summed E-state index contributed by atoms with van der Waals surface area (Å²) in [5.74, 6) is 4.50. The minimum Gasteiger partial charge on any atom is -0.467 e. The fraction of sp³-hybridized carbons (Fsp3) is 0.400. The lowest BCUT2D eigenvalue weighted by atomic mass is 10.00. The molecule has 0 aliphatic carbocycles. The molecule has 0 amide bonds. The summed E-state index contributed by atoms with van der Waals surface area (Å²) >= 11 is 1.51. The zero-order chi connectivity index (χ0) is 20.3. The molecule has 0 aromatic carbocycles. The molecule has 0 saturated carbocycles. The molecule has 0 radical (unpaired) electrons. The lowest BCUT2D eigenvalue weighted by Crippen LogP contribution is -2.35. The van der Waals surface area contributed by atoms with Crippen LogP contribution < -0.4 is 4.90 Å². The highest BCUT2D eigenvalue weighted by Crippen LogP contribution is 2.29. The van der Waals surface area contributed by atoms with Gasteiger partial charge in [-0.05, 0) is 43.0 Å². The van der Waals surface area contributed by atoms with E-state index < -0.39 is 0 Å². The van der Waals surface area contributed by atoms with E-state index in [2.05, 4.69) is 36.7 Å². The van der Waals surface area contributed by atoms with E-state index in [1.807, 2.05) is 12.1 Å². The Hall–Kier alpha value is -3.01. The topological polar surface area (TPSA) is 99.1 Å². The number of aromatic nitrogens is 5. The molecule has 1 aliphatic heterocycles. The van der Waals surface area contributed by atoms with Gasteiger partial charge < -0.3 is 18.3 Å². The van der Waals surface area contributed by atoms with E-state index in [0.29, 0.717) is 29.8 Å². The van der Waals surface area contributed by atoms with Gasteiger partial charge in [0.1, 0.15) is 5.76 Å². The second-order valence-electron chi connectivity index (χ2n) is 7.40. The van der Waals surface area contributed by atoms with Gasteiger partial charge in [0.2, 0.25) is 17.7 Å². The summed E-state index contributed by atoms with van der Waals surface area (Å²) in [4.78, 5) is 6.71. The van der Waals surface area contributed by atoms with Gasteiger partial charge in [0.25, 0.3) is 0 Å². The summed E-state index contributed by atoms with van der Waals surface area (Å²) in [6.07, 6.45) is 5.59. The monoisotopic (exact) mass is 426 g/mol. The quantitative estimate of drug-likeness (QED) is 0.404.